The predicted molar refractivity (Wildman–Crippen MR) is 90.3 cm³/mol. The molecule has 4 rings (SSSR count). The van der Waals surface area contributed by atoms with Crippen molar-refractivity contribution in [2.45, 2.75) is 25.4 Å². The summed E-state index contributed by atoms with van der Waals surface area (Å²) in [4.78, 5) is 22.1. The number of piperidine rings is 1. The van der Waals surface area contributed by atoms with Crippen molar-refractivity contribution in [3.8, 4) is 0 Å². The van der Waals surface area contributed by atoms with Gasteiger partial charge >= 0.3 is 5.69 Å². The van der Waals surface area contributed by atoms with Crippen molar-refractivity contribution in [1.29, 1.82) is 0 Å². The lowest BCUT2D eigenvalue weighted by molar-refractivity contribution is 0.178. The third-order valence-corrected chi connectivity index (χ3v) is 4.66. The van der Waals surface area contributed by atoms with Crippen molar-refractivity contribution < 1.29 is 0 Å². The second-order valence-electron chi connectivity index (χ2n) is 6.15. The largest absolute Gasteiger partial charge is 0.326 e. The molecule has 3 heterocycles. The van der Waals surface area contributed by atoms with Gasteiger partial charge in [-0.25, -0.2) is 4.79 Å². The first kappa shape index (κ1) is 14.2. The van der Waals surface area contributed by atoms with Crippen LogP contribution in [0.15, 0.2) is 53.5 Å². The zero-order chi connectivity index (χ0) is 15.6. The fourth-order valence-electron chi connectivity index (χ4n) is 3.49. The standard InChI is InChI=1S/C18H20N4O/c23-18-20-16-6-1-2-7-17(16)22(18)15-8-11-21(12-9-15)13-14-5-3-4-10-19-14/h1-7,10,15H,8-9,11-13H2,(H,20,23). The maximum atomic E-state index is 12.3. The van der Waals surface area contributed by atoms with Gasteiger partial charge < -0.3 is 4.98 Å². The molecule has 0 atom stereocenters. The molecular formula is C18H20N4O. The normalized spacial score (nSPS) is 16.9. The van der Waals surface area contributed by atoms with Crippen LogP contribution in [0.1, 0.15) is 24.6 Å². The predicted octanol–water partition coefficient (Wildman–Crippen LogP) is 2.56. The molecule has 2 aromatic heterocycles. The summed E-state index contributed by atoms with van der Waals surface area (Å²) in [5.74, 6) is 0. The first-order valence-electron chi connectivity index (χ1n) is 8.13. The third-order valence-electron chi connectivity index (χ3n) is 4.66. The number of aromatic nitrogens is 3. The lowest BCUT2D eigenvalue weighted by atomic mass is 10.0. The average molecular weight is 308 g/mol. The molecule has 5 heteroatoms. The van der Waals surface area contributed by atoms with E-state index in [1.165, 1.54) is 0 Å². The van der Waals surface area contributed by atoms with E-state index >= 15 is 0 Å². The van der Waals surface area contributed by atoms with Crippen LogP contribution < -0.4 is 5.69 Å². The Morgan fingerprint density at radius 3 is 2.65 bits per heavy atom. The molecular weight excluding hydrogens is 288 g/mol. The lowest BCUT2D eigenvalue weighted by Gasteiger charge is -2.32. The minimum atomic E-state index is 0.00868. The number of hydrogen-bond donors (Lipinski definition) is 1. The Bertz CT molecular complexity index is 844. The number of hydrogen-bond acceptors (Lipinski definition) is 3. The van der Waals surface area contributed by atoms with Gasteiger partial charge in [0.25, 0.3) is 0 Å². The van der Waals surface area contributed by atoms with Crippen LogP contribution in [0.4, 0.5) is 0 Å². The second-order valence-corrected chi connectivity index (χ2v) is 6.15. The highest BCUT2D eigenvalue weighted by molar-refractivity contribution is 5.75. The summed E-state index contributed by atoms with van der Waals surface area (Å²) in [7, 11) is 0. The Labute approximate surface area is 134 Å². The molecule has 0 radical (unpaired) electrons. The summed E-state index contributed by atoms with van der Waals surface area (Å²) in [6.07, 6.45) is 3.83. The number of nitrogens with zero attached hydrogens (tertiary/aromatic N) is 3. The van der Waals surface area contributed by atoms with E-state index in [1.807, 2.05) is 47.2 Å². The topological polar surface area (TPSA) is 53.9 Å². The molecule has 3 aromatic rings. The Hall–Kier alpha value is -2.40. The molecule has 1 fully saturated rings. The molecule has 1 saturated heterocycles. The van der Waals surface area contributed by atoms with Crippen molar-refractivity contribution in [1.82, 2.24) is 19.4 Å². The van der Waals surface area contributed by atoms with Crippen molar-refractivity contribution in [3.63, 3.8) is 0 Å². The monoisotopic (exact) mass is 308 g/mol. The van der Waals surface area contributed by atoms with E-state index in [0.717, 1.165) is 49.2 Å². The second kappa shape index (κ2) is 6.01. The fourth-order valence-corrected chi connectivity index (χ4v) is 3.49. The quantitative estimate of drug-likeness (QED) is 0.809. The van der Waals surface area contributed by atoms with Gasteiger partial charge in [0.05, 0.1) is 16.7 Å². The van der Waals surface area contributed by atoms with Gasteiger partial charge in [-0.05, 0) is 37.1 Å². The number of imidazole rings is 1. The van der Waals surface area contributed by atoms with Gasteiger partial charge in [0.15, 0.2) is 0 Å². The maximum Gasteiger partial charge on any atom is 0.326 e. The van der Waals surface area contributed by atoms with E-state index in [9.17, 15) is 4.79 Å². The van der Waals surface area contributed by atoms with Crippen molar-refractivity contribution in [3.05, 3.63) is 64.8 Å². The van der Waals surface area contributed by atoms with Crippen LogP contribution in [0.2, 0.25) is 0 Å². The Kier molecular flexibility index (Phi) is 3.71. The molecule has 23 heavy (non-hydrogen) atoms. The highest BCUT2D eigenvalue weighted by atomic mass is 16.1. The first-order valence-corrected chi connectivity index (χ1v) is 8.13. The number of rotatable bonds is 3. The molecule has 5 nitrogen and oxygen atoms in total. The van der Waals surface area contributed by atoms with Crippen LogP contribution in [-0.2, 0) is 6.54 Å². The number of likely N-dealkylation sites (tertiary alicyclic amines) is 1. The zero-order valence-electron chi connectivity index (χ0n) is 13.0. The Balaban J connectivity index is 1.49. The van der Waals surface area contributed by atoms with E-state index < -0.39 is 0 Å². The molecule has 0 unspecified atom stereocenters. The molecule has 118 valence electrons. The van der Waals surface area contributed by atoms with E-state index in [0.29, 0.717) is 0 Å². The molecule has 0 saturated carbocycles. The molecule has 0 spiro atoms. The van der Waals surface area contributed by atoms with Gasteiger partial charge in [-0.2, -0.15) is 0 Å². The van der Waals surface area contributed by atoms with Gasteiger partial charge in [0.1, 0.15) is 0 Å². The highest BCUT2D eigenvalue weighted by Crippen LogP contribution is 2.25. The van der Waals surface area contributed by atoms with E-state index in [1.54, 1.807) is 0 Å². The molecule has 1 aliphatic heterocycles. The van der Waals surface area contributed by atoms with Crippen LogP contribution in [0.5, 0.6) is 0 Å². The maximum absolute atomic E-state index is 12.3. The molecule has 0 aliphatic carbocycles. The summed E-state index contributed by atoms with van der Waals surface area (Å²) < 4.78 is 1.94. The molecule has 0 amide bonds. The Morgan fingerprint density at radius 2 is 1.87 bits per heavy atom. The van der Waals surface area contributed by atoms with Crippen LogP contribution in [0.25, 0.3) is 11.0 Å². The fraction of sp³-hybridized carbons (Fsp3) is 0.333. The number of benzene rings is 1. The number of pyridine rings is 1. The van der Waals surface area contributed by atoms with Gasteiger partial charge in [0.2, 0.25) is 0 Å². The first-order chi connectivity index (χ1) is 11.3. The van der Waals surface area contributed by atoms with Crippen molar-refractivity contribution in [2.75, 3.05) is 13.1 Å². The summed E-state index contributed by atoms with van der Waals surface area (Å²) >= 11 is 0. The van der Waals surface area contributed by atoms with Crippen LogP contribution in [0, 0.1) is 0 Å². The molecule has 1 aromatic carbocycles. The SMILES string of the molecule is O=c1[nH]c2ccccc2n1C1CCN(Cc2ccccn2)CC1. The van der Waals surface area contributed by atoms with Crippen LogP contribution in [0.3, 0.4) is 0 Å². The van der Waals surface area contributed by atoms with Crippen LogP contribution >= 0.6 is 0 Å². The minimum Gasteiger partial charge on any atom is -0.306 e. The lowest BCUT2D eigenvalue weighted by Crippen LogP contribution is -2.36. The van der Waals surface area contributed by atoms with Gasteiger partial charge in [-0.15, -0.1) is 0 Å². The molecule has 1 N–H and O–H groups in total. The van der Waals surface area contributed by atoms with Gasteiger partial charge in [-0.1, -0.05) is 18.2 Å². The number of nitrogens with one attached hydrogen (secondary N) is 1. The number of H-pyrrole nitrogens is 1. The minimum absolute atomic E-state index is 0.00868. The summed E-state index contributed by atoms with van der Waals surface area (Å²) in [6.45, 7) is 2.87. The number of para-hydroxylation sites is 2. The van der Waals surface area contributed by atoms with Crippen LogP contribution in [-0.4, -0.2) is 32.5 Å². The van der Waals surface area contributed by atoms with E-state index in [-0.39, 0.29) is 11.7 Å². The van der Waals surface area contributed by atoms with E-state index in [2.05, 4.69) is 20.9 Å². The summed E-state index contributed by atoms with van der Waals surface area (Å²) in [6, 6.07) is 14.2. The molecule has 0 bridgehead atoms. The zero-order valence-corrected chi connectivity index (χ0v) is 13.0. The van der Waals surface area contributed by atoms with Gasteiger partial charge in [-0.3, -0.25) is 14.5 Å². The Morgan fingerprint density at radius 1 is 1.09 bits per heavy atom. The summed E-state index contributed by atoms with van der Waals surface area (Å²) in [5.41, 5.74) is 3.05. The molecule has 1 aliphatic rings. The van der Waals surface area contributed by atoms with E-state index in [4.69, 9.17) is 0 Å². The smallest absolute Gasteiger partial charge is 0.306 e. The number of aromatic amines is 1. The highest BCUT2D eigenvalue weighted by Gasteiger charge is 2.23. The third kappa shape index (κ3) is 2.80. The summed E-state index contributed by atoms with van der Waals surface area (Å²) in [5, 5.41) is 0. The number of fused-ring (bicyclic) bond motifs is 1. The van der Waals surface area contributed by atoms with Crippen molar-refractivity contribution in [2.24, 2.45) is 0 Å². The average Bonchev–Trinajstić information content (AvgIpc) is 2.92. The van der Waals surface area contributed by atoms with Crippen molar-refractivity contribution >= 4 is 11.0 Å². The van der Waals surface area contributed by atoms with Gasteiger partial charge in [0, 0.05) is 31.9 Å².